The fourth-order valence-corrected chi connectivity index (χ4v) is 3.08. The van der Waals surface area contributed by atoms with Crippen LogP contribution in [0.2, 0.25) is 0 Å². The highest BCUT2D eigenvalue weighted by atomic mass is 14.9. The number of nitrogens with one attached hydrogen (secondary N) is 1. The van der Waals surface area contributed by atoms with Crippen molar-refractivity contribution in [3.63, 3.8) is 0 Å². The minimum atomic E-state index is 0.283. The van der Waals surface area contributed by atoms with E-state index >= 15 is 0 Å². The highest BCUT2D eigenvalue weighted by molar-refractivity contribution is 5.44. The van der Waals surface area contributed by atoms with Gasteiger partial charge in [-0.1, -0.05) is 54.4 Å². The lowest BCUT2D eigenvalue weighted by molar-refractivity contribution is 0.593. The summed E-state index contributed by atoms with van der Waals surface area (Å²) in [5, 5.41) is 3.72. The van der Waals surface area contributed by atoms with Crippen molar-refractivity contribution in [2.75, 3.05) is 6.54 Å². The zero-order valence-electron chi connectivity index (χ0n) is 14.0. The molecule has 0 aliphatic heterocycles. The lowest BCUT2D eigenvalue weighted by Gasteiger charge is -2.24. The van der Waals surface area contributed by atoms with Gasteiger partial charge in [0.05, 0.1) is 6.04 Å². The van der Waals surface area contributed by atoms with E-state index in [1.165, 1.54) is 33.4 Å². The molecule has 21 heavy (non-hydrogen) atoms. The number of aryl methyl sites for hydroxylation is 4. The van der Waals surface area contributed by atoms with E-state index in [-0.39, 0.29) is 6.04 Å². The Bertz CT molecular complexity index is 573. The number of hydrogen-bond donors (Lipinski definition) is 1. The van der Waals surface area contributed by atoms with Crippen molar-refractivity contribution in [2.45, 2.75) is 47.1 Å². The van der Waals surface area contributed by atoms with Gasteiger partial charge >= 0.3 is 0 Å². The van der Waals surface area contributed by atoms with Crippen molar-refractivity contribution in [2.24, 2.45) is 0 Å². The average Bonchev–Trinajstić information content (AvgIpc) is 2.42. The maximum atomic E-state index is 3.72. The van der Waals surface area contributed by atoms with Crippen LogP contribution in [0.4, 0.5) is 0 Å². The molecule has 2 rings (SSSR count). The average molecular weight is 281 g/mol. The van der Waals surface area contributed by atoms with Crippen molar-refractivity contribution in [3.8, 4) is 0 Å². The van der Waals surface area contributed by atoms with Gasteiger partial charge in [0.25, 0.3) is 0 Å². The zero-order valence-corrected chi connectivity index (χ0v) is 14.0. The molecule has 0 radical (unpaired) electrons. The Hall–Kier alpha value is -1.60. The molecule has 0 heterocycles. The van der Waals surface area contributed by atoms with E-state index in [2.05, 4.69) is 76.3 Å². The Morgan fingerprint density at radius 1 is 0.857 bits per heavy atom. The highest BCUT2D eigenvalue weighted by Crippen LogP contribution is 2.29. The first-order valence-corrected chi connectivity index (χ1v) is 7.90. The zero-order chi connectivity index (χ0) is 15.4. The van der Waals surface area contributed by atoms with Gasteiger partial charge in [0.15, 0.2) is 0 Å². The van der Waals surface area contributed by atoms with E-state index in [0.717, 1.165) is 13.0 Å². The molecule has 1 N–H and O–H groups in total. The van der Waals surface area contributed by atoms with E-state index in [1.54, 1.807) is 0 Å². The van der Waals surface area contributed by atoms with Crippen molar-refractivity contribution in [3.05, 3.63) is 69.8 Å². The summed E-state index contributed by atoms with van der Waals surface area (Å²) < 4.78 is 0. The summed E-state index contributed by atoms with van der Waals surface area (Å²) in [4.78, 5) is 0. The Balaban J connectivity index is 2.47. The van der Waals surface area contributed by atoms with Gasteiger partial charge in [0, 0.05) is 0 Å². The van der Waals surface area contributed by atoms with Gasteiger partial charge in [-0.15, -0.1) is 0 Å². The molecule has 0 saturated carbocycles. The first-order chi connectivity index (χ1) is 10.0. The van der Waals surface area contributed by atoms with Crippen LogP contribution in [0.25, 0.3) is 0 Å². The van der Waals surface area contributed by atoms with Crippen molar-refractivity contribution < 1.29 is 0 Å². The fourth-order valence-electron chi connectivity index (χ4n) is 3.08. The second-order valence-electron chi connectivity index (χ2n) is 6.11. The lowest BCUT2D eigenvalue weighted by Crippen LogP contribution is -2.24. The summed E-state index contributed by atoms with van der Waals surface area (Å²) in [6, 6.07) is 13.8. The van der Waals surface area contributed by atoms with Crippen LogP contribution >= 0.6 is 0 Å². The van der Waals surface area contributed by atoms with Gasteiger partial charge in [-0.25, -0.2) is 0 Å². The molecule has 0 saturated heterocycles. The molecule has 1 unspecified atom stereocenters. The molecule has 0 spiro atoms. The van der Waals surface area contributed by atoms with Crippen LogP contribution in [-0.4, -0.2) is 6.54 Å². The summed E-state index contributed by atoms with van der Waals surface area (Å²) in [6.45, 7) is 12.0. The summed E-state index contributed by atoms with van der Waals surface area (Å²) >= 11 is 0. The van der Waals surface area contributed by atoms with Crippen LogP contribution in [0.5, 0.6) is 0 Å². The smallest absolute Gasteiger partial charge is 0.0581 e. The van der Waals surface area contributed by atoms with Crippen LogP contribution in [0.1, 0.15) is 52.8 Å². The van der Waals surface area contributed by atoms with Gasteiger partial charge in [0.1, 0.15) is 0 Å². The van der Waals surface area contributed by atoms with Crippen molar-refractivity contribution in [1.82, 2.24) is 5.32 Å². The van der Waals surface area contributed by atoms with Gasteiger partial charge in [-0.05, 0) is 62.9 Å². The van der Waals surface area contributed by atoms with Crippen LogP contribution in [0.15, 0.2) is 36.4 Å². The van der Waals surface area contributed by atoms with Crippen molar-refractivity contribution >= 4 is 0 Å². The largest absolute Gasteiger partial charge is 0.306 e. The minimum Gasteiger partial charge on any atom is -0.306 e. The van der Waals surface area contributed by atoms with Crippen LogP contribution < -0.4 is 5.32 Å². The molecule has 1 heteroatoms. The molecule has 2 aromatic rings. The van der Waals surface area contributed by atoms with Gasteiger partial charge in [-0.3, -0.25) is 0 Å². The topological polar surface area (TPSA) is 12.0 Å². The fraction of sp³-hybridized carbons (Fsp3) is 0.400. The third-order valence-electron chi connectivity index (χ3n) is 4.04. The van der Waals surface area contributed by atoms with Crippen LogP contribution in [-0.2, 0) is 0 Å². The van der Waals surface area contributed by atoms with E-state index in [0.29, 0.717) is 0 Å². The highest BCUT2D eigenvalue weighted by Gasteiger charge is 2.17. The summed E-state index contributed by atoms with van der Waals surface area (Å²) in [5.41, 5.74) is 8.18. The van der Waals surface area contributed by atoms with Gasteiger partial charge < -0.3 is 5.32 Å². The predicted octanol–water partition coefficient (Wildman–Crippen LogP) is 5.01. The third kappa shape index (κ3) is 3.74. The first kappa shape index (κ1) is 15.8. The molecule has 2 aromatic carbocycles. The Kier molecular flexibility index (Phi) is 5.19. The summed E-state index contributed by atoms with van der Waals surface area (Å²) in [6.07, 6.45) is 1.15. The Labute approximate surface area is 129 Å². The second-order valence-corrected chi connectivity index (χ2v) is 6.11. The molecule has 0 bridgehead atoms. The predicted molar refractivity (Wildman–Crippen MR) is 92.0 cm³/mol. The molecular weight excluding hydrogens is 254 g/mol. The lowest BCUT2D eigenvalue weighted by atomic mass is 9.89. The van der Waals surface area contributed by atoms with Gasteiger partial charge in [0.2, 0.25) is 0 Å². The SMILES string of the molecule is CCCNC(c1ccc(C)cc1)c1c(C)cc(C)cc1C. The van der Waals surface area contributed by atoms with Gasteiger partial charge in [-0.2, -0.15) is 0 Å². The summed E-state index contributed by atoms with van der Waals surface area (Å²) in [5.74, 6) is 0. The molecular formula is C20H27N. The van der Waals surface area contributed by atoms with Crippen LogP contribution in [0.3, 0.4) is 0 Å². The number of hydrogen-bond acceptors (Lipinski definition) is 1. The first-order valence-electron chi connectivity index (χ1n) is 7.90. The Morgan fingerprint density at radius 2 is 1.43 bits per heavy atom. The monoisotopic (exact) mass is 281 g/mol. The standard InChI is InChI=1S/C20H27N/c1-6-11-21-20(18-9-7-14(2)8-10-18)19-16(4)12-15(3)13-17(19)5/h7-10,12-13,20-21H,6,11H2,1-5H3. The van der Waals surface area contributed by atoms with E-state index in [4.69, 9.17) is 0 Å². The van der Waals surface area contributed by atoms with Crippen molar-refractivity contribution in [1.29, 1.82) is 0 Å². The molecule has 0 aliphatic rings. The normalized spacial score (nSPS) is 12.4. The van der Waals surface area contributed by atoms with E-state index < -0.39 is 0 Å². The molecule has 1 atom stereocenters. The maximum absolute atomic E-state index is 3.72. The van der Waals surface area contributed by atoms with Crippen LogP contribution in [0, 0.1) is 27.7 Å². The Morgan fingerprint density at radius 3 is 1.95 bits per heavy atom. The third-order valence-corrected chi connectivity index (χ3v) is 4.04. The molecule has 0 aliphatic carbocycles. The quantitative estimate of drug-likeness (QED) is 0.812. The molecule has 0 amide bonds. The summed E-state index contributed by atoms with van der Waals surface area (Å²) in [7, 11) is 0. The second kappa shape index (κ2) is 6.91. The molecule has 0 aromatic heterocycles. The molecule has 112 valence electrons. The molecule has 0 fully saturated rings. The maximum Gasteiger partial charge on any atom is 0.0581 e. The minimum absolute atomic E-state index is 0.283. The van der Waals surface area contributed by atoms with E-state index in [1.807, 2.05) is 0 Å². The number of rotatable bonds is 5. The number of benzene rings is 2. The van der Waals surface area contributed by atoms with E-state index in [9.17, 15) is 0 Å². The molecule has 1 nitrogen and oxygen atoms in total.